The van der Waals surface area contributed by atoms with Gasteiger partial charge in [0.05, 0.1) is 5.69 Å². The van der Waals surface area contributed by atoms with Gasteiger partial charge in [-0.15, -0.1) is 11.3 Å². The maximum atomic E-state index is 5.99. The molecule has 124 valence electrons. The third-order valence-corrected chi connectivity index (χ3v) is 4.70. The van der Waals surface area contributed by atoms with E-state index in [0.717, 1.165) is 24.5 Å². The number of rotatable bonds is 7. The van der Waals surface area contributed by atoms with Gasteiger partial charge in [0.2, 0.25) is 0 Å². The molecular weight excluding hydrogens is 316 g/mol. The van der Waals surface area contributed by atoms with E-state index in [4.69, 9.17) is 4.74 Å². The van der Waals surface area contributed by atoms with Crippen LogP contribution in [0.2, 0.25) is 0 Å². The Morgan fingerprint density at radius 3 is 2.54 bits per heavy atom. The Morgan fingerprint density at radius 1 is 1.04 bits per heavy atom. The van der Waals surface area contributed by atoms with Crippen molar-refractivity contribution in [3.05, 3.63) is 81.3 Å². The third-order valence-electron chi connectivity index (χ3n) is 3.82. The summed E-state index contributed by atoms with van der Waals surface area (Å²) in [5, 5.41) is 5.61. The van der Waals surface area contributed by atoms with Gasteiger partial charge in [-0.25, -0.2) is 0 Å². The zero-order valence-corrected chi connectivity index (χ0v) is 14.9. The fraction of sp³-hybridized carbons (Fsp3) is 0.250. The maximum Gasteiger partial charge on any atom is 0.130 e. The molecule has 0 saturated heterocycles. The summed E-state index contributed by atoms with van der Waals surface area (Å²) in [6.45, 7) is 6.47. The van der Waals surface area contributed by atoms with E-state index in [1.54, 1.807) is 17.5 Å². The number of aryl methyl sites for hydroxylation is 2. The molecule has 3 aromatic rings. The first kappa shape index (κ1) is 16.7. The number of aromatic nitrogens is 1. The Balaban J connectivity index is 1.60. The minimum atomic E-state index is 0.499. The topological polar surface area (TPSA) is 34.1 Å². The highest BCUT2D eigenvalue weighted by atomic mass is 32.1. The molecule has 3 nitrogen and oxygen atoms in total. The van der Waals surface area contributed by atoms with Crippen molar-refractivity contribution in [1.29, 1.82) is 0 Å². The number of ether oxygens (including phenoxy) is 1. The van der Waals surface area contributed by atoms with Gasteiger partial charge in [-0.3, -0.25) is 4.98 Å². The van der Waals surface area contributed by atoms with Crippen LogP contribution in [-0.2, 0) is 19.7 Å². The van der Waals surface area contributed by atoms with Crippen LogP contribution in [0.5, 0.6) is 5.75 Å². The smallest absolute Gasteiger partial charge is 0.130 e. The van der Waals surface area contributed by atoms with E-state index in [1.807, 2.05) is 18.2 Å². The number of nitrogens with zero attached hydrogens (tertiary/aromatic N) is 1. The van der Waals surface area contributed by atoms with Gasteiger partial charge in [0.15, 0.2) is 0 Å². The van der Waals surface area contributed by atoms with Gasteiger partial charge < -0.3 is 10.1 Å². The van der Waals surface area contributed by atoms with Crippen molar-refractivity contribution in [2.24, 2.45) is 0 Å². The van der Waals surface area contributed by atoms with Crippen molar-refractivity contribution < 1.29 is 4.74 Å². The first-order valence-corrected chi connectivity index (χ1v) is 8.96. The van der Waals surface area contributed by atoms with Crippen molar-refractivity contribution in [3.63, 3.8) is 0 Å². The Bertz CT molecular complexity index is 747. The van der Waals surface area contributed by atoms with Crippen molar-refractivity contribution in [2.75, 3.05) is 0 Å². The molecule has 0 amide bonds. The fourth-order valence-electron chi connectivity index (χ4n) is 2.74. The van der Waals surface area contributed by atoms with Crippen LogP contribution >= 0.6 is 11.3 Å². The van der Waals surface area contributed by atoms with E-state index in [2.05, 4.69) is 53.8 Å². The van der Waals surface area contributed by atoms with Crippen LogP contribution in [0.3, 0.4) is 0 Å². The molecule has 1 aromatic carbocycles. The molecule has 0 aliphatic carbocycles. The van der Waals surface area contributed by atoms with Gasteiger partial charge in [-0.1, -0.05) is 24.3 Å². The van der Waals surface area contributed by atoms with Gasteiger partial charge in [-0.05, 0) is 54.1 Å². The van der Waals surface area contributed by atoms with Crippen LogP contribution in [0, 0.1) is 13.8 Å². The van der Waals surface area contributed by atoms with E-state index in [9.17, 15) is 0 Å². The minimum absolute atomic E-state index is 0.499. The maximum absolute atomic E-state index is 5.99. The molecule has 0 radical (unpaired) electrons. The second-order valence-electron chi connectivity index (χ2n) is 5.85. The number of hydrogen-bond acceptors (Lipinski definition) is 4. The number of hydrogen-bond donors (Lipinski definition) is 1. The zero-order chi connectivity index (χ0) is 16.8. The van der Waals surface area contributed by atoms with Gasteiger partial charge in [0.25, 0.3) is 0 Å². The van der Waals surface area contributed by atoms with Gasteiger partial charge in [-0.2, -0.15) is 0 Å². The van der Waals surface area contributed by atoms with E-state index < -0.39 is 0 Å². The molecule has 0 unspecified atom stereocenters. The number of pyridine rings is 1. The molecule has 0 saturated carbocycles. The largest absolute Gasteiger partial charge is 0.487 e. The number of thiophene rings is 1. The highest BCUT2D eigenvalue weighted by Crippen LogP contribution is 2.25. The van der Waals surface area contributed by atoms with Gasteiger partial charge in [0, 0.05) is 24.2 Å². The first-order valence-electron chi connectivity index (χ1n) is 8.08. The fourth-order valence-corrected chi connectivity index (χ4v) is 3.42. The molecule has 2 aromatic heterocycles. The van der Waals surface area contributed by atoms with E-state index in [1.165, 1.54) is 21.6 Å². The lowest BCUT2D eigenvalue weighted by Gasteiger charge is -2.14. The first-order chi connectivity index (χ1) is 11.7. The molecule has 0 aliphatic rings. The van der Waals surface area contributed by atoms with Crippen molar-refractivity contribution >= 4 is 11.3 Å². The van der Waals surface area contributed by atoms with Gasteiger partial charge >= 0.3 is 0 Å². The standard InChI is InChI=1S/C20H22N2OS/c1-15-10-17(12-21-13-19-7-5-9-24-19)11-16(2)20(15)23-14-18-6-3-4-8-22-18/h3-11,21H,12-14H2,1-2H3. The van der Waals surface area contributed by atoms with Crippen LogP contribution in [0.25, 0.3) is 0 Å². The van der Waals surface area contributed by atoms with Crippen LogP contribution in [-0.4, -0.2) is 4.98 Å². The van der Waals surface area contributed by atoms with Crippen molar-refractivity contribution in [3.8, 4) is 5.75 Å². The van der Waals surface area contributed by atoms with Crippen LogP contribution < -0.4 is 10.1 Å². The molecular formula is C20H22N2OS. The van der Waals surface area contributed by atoms with Crippen LogP contribution in [0.15, 0.2) is 54.0 Å². The predicted molar refractivity (Wildman–Crippen MR) is 99.3 cm³/mol. The molecule has 0 atom stereocenters. The molecule has 0 fully saturated rings. The molecule has 3 rings (SSSR count). The molecule has 0 aliphatic heterocycles. The summed E-state index contributed by atoms with van der Waals surface area (Å²) in [4.78, 5) is 5.66. The van der Waals surface area contributed by atoms with Gasteiger partial charge in [0.1, 0.15) is 12.4 Å². The molecule has 4 heteroatoms. The molecule has 0 spiro atoms. The molecule has 24 heavy (non-hydrogen) atoms. The Hall–Kier alpha value is -2.17. The lowest BCUT2D eigenvalue weighted by atomic mass is 10.1. The second kappa shape index (κ2) is 8.08. The summed E-state index contributed by atoms with van der Waals surface area (Å²) in [6.07, 6.45) is 1.79. The number of benzene rings is 1. The second-order valence-corrected chi connectivity index (χ2v) is 6.88. The summed E-state index contributed by atoms with van der Waals surface area (Å²) in [6, 6.07) is 14.5. The normalized spacial score (nSPS) is 10.8. The molecule has 2 heterocycles. The Kier molecular flexibility index (Phi) is 5.62. The SMILES string of the molecule is Cc1cc(CNCc2cccs2)cc(C)c1OCc1ccccn1. The summed E-state index contributed by atoms with van der Waals surface area (Å²) >= 11 is 1.78. The van der Waals surface area contributed by atoms with Crippen molar-refractivity contribution in [2.45, 2.75) is 33.5 Å². The summed E-state index contributed by atoms with van der Waals surface area (Å²) in [7, 11) is 0. The van der Waals surface area contributed by atoms with E-state index in [-0.39, 0.29) is 0 Å². The summed E-state index contributed by atoms with van der Waals surface area (Å²) in [5.74, 6) is 0.961. The summed E-state index contributed by atoms with van der Waals surface area (Å²) in [5.41, 5.74) is 4.56. The zero-order valence-electron chi connectivity index (χ0n) is 14.1. The third kappa shape index (κ3) is 4.43. The quantitative estimate of drug-likeness (QED) is 0.682. The molecule has 1 N–H and O–H groups in total. The highest BCUT2D eigenvalue weighted by molar-refractivity contribution is 7.09. The monoisotopic (exact) mass is 338 g/mol. The molecule has 0 bridgehead atoms. The Morgan fingerprint density at radius 2 is 1.88 bits per heavy atom. The predicted octanol–water partition coefficient (Wildman–Crippen LogP) is 4.63. The Labute approximate surface area is 147 Å². The van der Waals surface area contributed by atoms with Crippen molar-refractivity contribution in [1.82, 2.24) is 10.3 Å². The summed E-state index contributed by atoms with van der Waals surface area (Å²) < 4.78 is 5.99. The van der Waals surface area contributed by atoms with Crippen LogP contribution in [0.4, 0.5) is 0 Å². The van der Waals surface area contributed by atoms with E-state index in [0.29, 0.717) is 6.61 Å². The van der Waals surface area contributed by atoms with E-state index >= 15 is 0 Å². The minimum Gasteiger partial charge on any atom is -0.487 e. The number of nitrogens with one attached hydrogen (secondary N) is 1. The average Bonchev–Trinajstić information content (AvgIpc) is 3.08. The lowest BCUT2D eigenvalue weighted by Crippen LogP contribution is -2.12. The van der Waals surface area contributed by atoms with Crippen LogP contribution in [0.1, 0.15) is 27.3 Å². The lowest BCUT2D eigenvalue weighted by molar-refractivity contribution is 0.297. The highest BCUT2D eigenvalue weighted by Gasteiger charge is 2.07. The average molecular weight is 338 g/mol.